The van der Waals surface area contributed by atoms with Crippen LogP contribution in [0.1, 0.15) is 38.4 Å². The fourth-order valence-corrected chi connectivity index (χ4v) is 1.98. The Morgan fingerprint density at radius 3 is 2.67 bits per heavy atom. The highest BCUT2D eigenvalue weighted by molar-refractivity contribution is 5.90. The number of amides is 1. The maximum absolute atomic E-state index is 11.7. The summed E-state index contributed by atoms with van der Waals surface area (Å²) in [5.41, 5.74) is 7.16. The second kappa shape index (κ2) is 7.54. The van der Waals surface area contributed by atoms with Gasteiger partial charge in [0.2, 0.25) is 5.91 Å². The number of H-pyrrole nitrogens is 1. The van der Waals surface area contributed by atoms with E-state index in [1.165, 1.54) is 0 Å². The van der Waals surface area contributed by atoms with Gasteiger partial charge in [0.1, 0.15) is 5.82 Å². The van der Waals surface area contributed by atoms with Gasteiger partial charge in [-0.2, -0.15) is 5.10 Å². The summed E-state index contributed by atoms with van der Waals surface area (Å²) < 4.78 is 0. The van der Waals surface area contributed by atoms with Crippen LogP contribution in [0.25, 0.3) is 11.4 Å². The van der Waals surface area contributed by atoms with Gasteiger partial charge in [-0.3, -0.25) is 9.89 Å². The molecule has 0 aliphatic heterocycles. The van der Waals surface area contributed by atoms with Crippen molar-refractivity contribution in [3.63, 3.8) is 0 Å². The molecule has 2 rings (SSSR count). The molecule has 21 heavy (non-hydrogen) atoms. The lowest BCUT2D eigenvalue weighted by Gasteiger charge is -2.05. The molecule has 0 aliphatic carbocycles. The van der Waals surface area contributed by atoms with Gasteiger partial charge in [-0.25, -0.2) is 4.98 Å². The van der Waals surface area contributed by atoms with Crippen molar-refractivity contribution in [3.05, 3.63) is 30.1 Å². The Labute approximate surface area is 124 Å². The summed E-state index contributed by atoms with van der Waals surface area (Å²) in [5, 5.41) is 9.76. The van der Waals surface area contributed by atoms with Crippen LogP contribution >= 0.6 is 0 Å². The van der Waals surface area contributed by atoms with E-state index in [-0.39, 0.29) is 5.91 Å². The number of carbonyl (C=O) groups excluding carboxylic acids is 1. The number of nitrogens with two attached hydrogens (primary N) is 1. The average molecular weight is 287 g/mol. The van der Waals surface area contributed by atoms with Crippen LogP contribution in [0, 0.1) is 0 Å². The fraction of sp³-hybridized carbons (Fsp3) is 0.400. The van der Waals surface area contributed by atoms with Gasteiger partial charge < -0.3 is 11.1 Å². The third-order valence-electron chi connectivity index (χ3n) is 3.16. The first-order valence-electron chi connectivity index (χ1n) is 7.24. The third kappa shape index (κ3) is 4.39. The molecule has 6 nitrogen and oxygen atoms in total. The number of nitrogens with zero attached hydrogens (tertiary/aromatic N) is 2. The summed E-state index contributed by atoms with van der Waals surface area (Å²) in [4.78, 5) is 16.0. The molecule has 1 aromatic carbocycles. The molecule has 0 saturated heterocycles. The summed E-state index contributed by atoms with van der Waals surface area (Å²) in [7, 11) is 0. The number of carbonyl (C=O) groups is 1. The topological polar surface area (TPSA) is 96.7 Å². The highest BCUT2D eigenvalue weighted by Crippen LogP contribution is 2.18. The molecule has 0 atom stereocenters. The van der Waals surface area contributed by atoms with Crippen LogP contribution in [0.2, 0.25) is 0 Å². The highest BCUT2D eigenvalue weighted by atomic mass is 16.1. The normalized spacial score (nSPS) is 10.6. The quantitative estimate of drug-likeness (QED) is 0.681. The second-order valence-electron chi connectivity index (χ2n) is 4.89. The van der Waals surface area contributed by atoms with Crippen molar-refractivity contribution in [2.24, 2.45) is 5.73 Å². The van der Waals surface area contributed by atoms with Gasteiger partial charge >= 0.3 is 0 Å². The number of unbranched alkanes of at least 4 members (excludes halogenated alkanes) is 2. The van der Waals surface area contributed by atoms with E-state index in [1.54, 1.807) is 0 Å². The molecule has 1 heterocycles. The Hall–Kier alpha value is -2.21. The molecule has 0 unspecified atom stereocenters. The zero-order chi connectivity index (χ0) is 15.1. The van der Waals surface area contributed by atoms with Crippen LogP contribution in [0.3, 0.4) is 0 Å². The summed E-state index contributed by atoms with van der Waals surface area (Å²) >= 11 is 0. The van der Waals surface area contributed by atoms with E-state index < -0.39 is 0 Å². The summed E-state index contributed by atoms with van der Waals surface area (Å²) in [5.74, 6) is 1.31. The van der Waals surface area contributed by atoms with Crippen LogP contribution in [0.15, 0.2) is 24.3 Å². The number of benzene rings is 1. The minimum Gasteiger partial charge on any atom is -0.326 e. The Bertz CT molecular complexity index is 576. The molecule has 0 aliphatic rings. The molecule has 0 fully saturated rings. The highest BCUT2D eigenvalue weighted by Gasteiger charge is 2.06. The van der Waals surface area contributed by atoms with Gasteiger partial charge in [0, 0.05) is 17.7 Å². The maximum Gasteiger partial charge on any atom is 0.224 e. The number of nitrogens with one attached hydrogen (secondary N) is 2. The molecule has 0 saturated carbocycles. The minimum atomic E-state index is 0.0551. The van der Waals surface area contributed by atoms with Crippen LogP contribution < -0.4 is 11.1 Å². The van der Waals surface area contributed by atoms with E-state index in [9.17, 15) is 4.79 Å². The Morgan fingerprint density at radius 1 is 1.29 bits per heavy atom. The molecule has 0 radical (unpaired) electrons. The zero-order valence-corrected chi connectivity index (χ0v) is 12.2. The first-order valence-corrected chi connectivity index (χ1v) is 7.24. The monoisotopic (exact) mass is 287 g/mol. The Kier molecular flexibility index (Phi) is 5.45. The number of anilines is 1. The number of aromatic amines is 1. The lowest BCUT2D eigenvalue weighted by atomic mass is 10.1. The van der Waals surface area contributed by atoms with Crippen molar-refractivity contribution in [2.45, 2.75) is 39.2 Å². The zero-order valence-electron chi connectivity index (χ0n) is 12.2. The standard InChI is InChI=1S/C15H21N5O/c1-2-3-4-5-14(21)17-12-8-6-11(7-9-12)15-18-13(10-16)19-20-15/h6-9H,2-5,10,16H2,1H3,(H,17,21)(H,18,19,20). The predicted octanol–water partition coefficient (Wildman–Crippen LogP) is 2.45. The molecule has 0 bridgehead atoms. The molecule has 1 aromatic heterocycles. The van der Waals surface area contributed by atoms with Crippen molar-refractivity contribution in [3.8, 4) is 11.4 Å². The van der Waals surface area contributed by atoms with Crippen molar-refractivity contribution < 1.29 is 4.79 Å². The summed E-state index contributed by atoms with van der Waals surface area (Å²) in [6.07, 6.45) is 3.69. The van der Waals surface area contributed by atoms with Crippen LogP contribution in [0.4, 0.5) is 5.69 Å². The van der Waals surface area contributed by atoms with Gasteiger partial charge in [0.05, 0.1) is 6.54 Å². The average Bonchev–Trinajstić information content (AvgIpc) is 2.97. The number of aromatic nitrogens is 3. The number of rotatable bonds is 7. The fourth-order valence-electron chi connectivity index (χ4n) is 1.98. The number of hydrogen-bond donors (Lipinski definition) is 3. The predicted molar refractivity (Wildman–Crippen MR) is 82.5 cm³/mol. The van der Waals surface area contributed by atoms with E-state index in [0.29, 0.717) is 24.6 Å². The van der Waals surface area contributed by atoms with Gasteiger partial charge in [0.25, 0.3) is 0 Å². The van der Waals surface area contributed by atoms with Crippen LogP contribution in [-0.2, 0) is 11.3 Å². The molecule has 112 valence electrons. The Balaban J connectivity index is 1.94. The SMILES string of the molecule is CCCCCC(=O)Nc1ccc(-c2n[nH]c(CN)n2)cc1. The van der Waals surface area contributed by atoms with Crippen molar-refractivity contribution in [2.75, 3.05) is 5.32 Å². The van der Waals surface area contributed by atoms with Gasteiger partial charge in [0.15, 0.2) is 5.82 Å². The molecule has 4 N–H and O–H groups in total. The molecule has 6 heteroatoms. The number of hydrogen-bond acceptors (Lipinski definition) is 4. The molecule has 1 amide bonds. The lowest BCUT2D eigenvalue weighted by Crippen LogP contribution is -2.10. The first kappa shape index (κ1) is 15.2. The van der Waals surface area contributed by atoms with Crippen LogP contribution in [-0.4, -0.2) is 21.1 Å². The molecule has 2 aromatic rings. The van der Waals surface area contributed by atoms with E-state index in [4.69, 9.17) is 5.73 Å². The van der Waals surface area contributed by atoms with Gasteiger partial charge in [-0.15, -0.1) is 0 Å². The van der Waals surface area contributed by atoms with E-state index in [0.717, 1.165) is 30.5 Å². The van der Waals surface area contributed by atoms with Crippen molar-refractivity contribution >= 4 is 11.6 Å². The molecule has 0 spiro atoms. The van der Waals surface area contributed by atoms with Gasteiger partial charge in [-0.05, 0) is 30.7 Å². The van der Waals surface area contributed by atoms with Crippen molar-refractivity contribution in [1.82, 2.24) is 15.2 Å². The van der Waals surface area contributed by atoms with Crippen LogP contribution in [0.5, 0.6) is 0 Å². The van der Waals surface area contributed by atoms with E-state index >= 15 is 0 Å². The third-order valence-corrected chi connectivity index (χ3v) is 3.16. The van der Waals surface area contributed by atoms with Gasteiger partial charge in [-0.1, -0.05) is 19.8 Å². The second-order valence-corrected chi connectivity index (χ2v) is 4.89. The summed E-state index contributed by atoms with van der Waals surface area (Å²) in [6, 6.07) is 7.47. The van der Waals surface area contributed by atoms with E-state index in [2.05, 4.69) is 27.4 Å². The molecular weight excluding hydrogens is 266 g/mol. The largest absolute Gasteiger partial charge is 0.326 e. The van der Waals surface area contributed by atoms with Crippen molar-refractivity contribution in [1.29, 1.82) is 0 Å². The molecular formula is C15H21N5O. The summed E-state index contributed by atoms with van der Waals surface area (Å²) in [6.45, 7) is 2.45. The van der Waals surface area contributed by atoms with E-state index in [1.807, 2.05) is 24.3 Å². The first-order chi connectivity index (χ1) is 10.2. The maximum atomic E-state index is 11.7. The Morgan fingerprint density at radius 2 is 2.05 bits per heavy atom. The minimum absolute atomic E-state index is 0.0551. The smallest absolute Gasteiger partial charge is 0.224 e. The lowest BCUT2D eigenvalue weighted by molar-refractivity contribution is -0.116.